The van der Waals surface area contributed by atoms with E-state index in [0.717, 1.165) is 12.0 Å². The van der Waals surface area contributed by atoms with Crippen molar-refractivity contribution in [3.8, 4) is 18.1 Å². The zero-order chi connectivity index (χ0) is 27.5. The van der Waals surface area contributed by atoms with Crippen molar-refractivity contribution in [2.75, 3.05) is 20.2 Å². The molecule has 1 unspecified atom stereocenters. The number of aliphatic hydroxyl groups excluding tert-OH is 1. The second kappa shape index (κ2) is 14.5. The minimum atomic E-state index is -0.996. The first-order chi connectivity index (χ1) is 18.3. The van der Waals surface area contributed by atoms with E-state index in [9.17, 15) is 19.1 Å². The van der Waals surface area contributed by atoms with E-state index >= 15 is 0 Å². The molecule has 8 heteroatoms. The van der Waals surface area contributed by atoms with Crippen LogP contribution in [0, 0.1) is 18.2 Å². The first kappa shape index (κ1) is 29.2. The fourth-order valence-electron chi connectivity index (χ4n) is 4.54. The number of hydrogen-bond acceptors (Lipinski definition) is 5. The summed E-state index contributed by atoms with van der Waals surface area (Å²) in [6, 6.07) is 10.9. The topological polar surface area (TPSA) is 90.9 Å². The van der Waals surface area contributed by atoms with Crippen LogP contribution in [-0.2, 0) is 29.0 Å². The molecular formula is C30H38FN3O4. The van der Waals surface area contributed by atoms with Gasteiger partial charge in [-0.25, -0.2) is 4.39 Å². The highest BCUT2D eigenvalue weighted by atomic mass is 19.1. The van der Waals surface area contributed by atoms with E-state index in [4.69, 9.17) is 11.2 Å². The maximum Gasteiger partial charge on any atom is 0.244 e. The molecule has 2 amide bonds. The number of terminal acetylenes is 1. The van der Waals surface area contributed by atoms with Crippen LogP contribution in [0.2, 0.25) is 0 Å². The Morgan fingerprint density at radius 1 is 1.24 bits per heavy atom. The van der Waals surface area contributed by atoms with Gasteiger partial charge in [0.15, 0.2) is 0 Å². The van der Waals surface area contributed by atoms with Gasteiger partial charge in [0.25, 0.3) is 0 Å². The average Bonchev–Trinajstić information content (AvgIpc) is 2.90. The number of likely N-dealkylation sites (N-methyl/N-ethyl adjacent to an activating group) is 1. The molecule has 1 aliphatic heterocycles. The highest BCUT2D eigenvalue weighted by molar-refractivity contribution is 5.88. The van der Waals surface area contributed by atoms with Gasteiger partial charge in [-0.15, -0.1) is 12.3 Å². The van der Waals surface area contributed by atoms with E-state index in [1.807, 2.05) is 12.1 Å². The third-order valence-corrected chi connectivity index (χ3v) is 6.79. The van der Waals surface area contributed by atoms with Gasteiger partial charge in [-0.1, -0.05) is 31.2 Å². The Kier molecular flexibility index (Phi) is 11.1. The summed E-state index contributed by atoms with van der Waals surface area (Å²) in [5.74, 6) is 1.74. The van der Waals surface area contributed by atoms with E-state index in [1.165, 1.54) is 22.6 Å². The number of hydrogen-bond donors (Lipinski definition) is 3. The quantitative estimate of drug-likeness (QED) is 0.486. The maximum absolute atomic E-state index is 14.4. The molecule has 0 spiro atoms. The monoisotopic (exact) mass is 523 g/mol. The molecule has 0 saturated heterocycles. The van der Waals surface area contributed by atoms with Crippen molar-refractivity contribution < 1.29 is 23.8 Å². The first-order valence-electron chi connectivity index (χ1n) is 13.2. The molecule has 7 nitrogen and oxygen atoms in total. The summed E-state index contributed by atoms with van der Waals surface area (Å²) < 4.78 is 20.1. The van der Waals surface area contributed by atoms with E-state index < -0.39 is 29.9 Å². The average molecular weight is 524 g/mol. The van der Waals surface area contributed by atoms with Gasteiger partial charge in [0.1, 0.15) is 17.6 Å². The van der Waals surface area contributed by atoms with E-state index in [-0.39, 0.29) is 31.7 Å². The van der Waals surface area contributed by atoms with E-state index in [1.54, 1.807) is 13.1 Å². The van der Waals surface area contributed by atoms with Crippen LogP contribution in [-0.4, -0.2) is 60.2 Å². The number of rotatable bonds is 7. The first-order valence-corrected chi connectivity index (χ1v) is 13.2. The number of benzene rings is 2. The fraction of sp³-hybridized carbons (Fsp3) is 0.467. The minimum Gasteiger partial charge on any atom is -0.493 e. The van der Waals surface area contributed by atoms with Gasteiger partial charge in [0.05, 0.1) is 18.8 Å². The van der Waals surface area contributed by atoms with E-state index in [0.29, 0.717) is 37.3 Å². The Bertz CT molecular complexity index is 1130. The summed E-state index contributed by atoms with van der Waals surface area (Å²) in [5, 5.41) is 17.3. The number of ether oxygens (including phenoxy) is 1. The van der Waals surface area contributed by atoms with Gasteiger partial charge >= 0.3 is 0 Å². The smallest absolute Gasteiger partial charge is 0.244 e. The highest BCUT2D eigenvalue weighted by Crippen LogP contribution is 2.20. The number of carbonyl (C=O) groups excluding carboxylic acids is 2. The molecule has 3 N–H and O–H groups in total. The Balaban J connectivity index is 1.82. The van der Waals surface area contributed by atoms with Gasteiger partial charge < -0.3 is 25.4 Å². The number of amides is 2. The second-order valence-electron chi connectivity index (χ2n) is 9.72. The molecule has 0 aliphatic carbocycles. The molecule has 0 saturated carbocycles. The fourth-order valence-corrected chi connectivity index (χ4v) is 4.54. The zero-order valence-electron chi connectivity index (χ0n) is 22.2. The molecule has 0 radical (unpaired) electrons. The number of nitrogens with one attached hydrogen (secondary N) is 2. The van der Waals surface area contributed by atoms with Crippen LogP contribution >= 0.6 is 0 Å². The number of halogens is 1. The van der Waals surface area contributed by atoms with Crippen LogP contribution in [0.3, 0.4) is 0 Å². The molecule has 0 aromatic heterocycles. The largest absolute Gasteiger partial charge is 0.493 e. The van der Waals surface area contributed by atoms with Crippen molar-refractivity contribution in [1.29, 1.82) is 0 Å². The standard InChI is InChI=1S/C30H38FN3O4/c1-4-9-27-30(37)33-26(28(35)20-32-19-22-11-8-10-21(5-2)14-22)17-23-15-24(31)18-25(16-23)38-13-7-6-12-29(36)34(27)3/h1,8,10-11,14-16,18,26-28,32,35H,5-7,9,12-13,17,19-20H2,2-3H3,(H,33,37)/t26-,27?,28+/m0/s1. The predicted octanol–water partition coefficient (Wildman–Crippen LogP) is 2.98. The zero-order valence-corrected chi connectivity index (χ0v) is 22.2. The Labute approximate surface area is 224 Å². The second-order valence-corrected chi connectivity index (χ2v) is 9.72. The van der Waals surface area contributed by atoms with Crippen LogP contribution in [0.1, 0.15) is 49.3 Å². The van der Waals surface area contributed by atoms with Gasteiger partial charge in [0.2, 0.25) is 11.8 Å². The third kappa shape index (κ3) is 8.57. The number of carbonyl (C=O) groups is 2. The van der Waals surface area contributed by atoms with Crippen molar-refractivity contribution in [3.05, 3.63) is 65.0 Å². The molecule has 3 rings (SSSR count). The van der Waals surface area contributed by atoms with Crippen molar-refractivity contribution in [1.82, 2.24) is 15.5 Å². The molecule has 204 valence electrons. The van der Waals surface area contributed by atoms with Gasteiger partial charge in [0, 0.05) is 39.0 Å². The molecule has 1 aliphatic rings. The number of fused-ring (bicyclic) bond motifs is 2. The number of aliphatic hydroxyl groups is 1. The summed E-state index contributed by atoms with van der Waals surface area (Å²) in [7, 11) is 1.56. The minimum absolute atomic E-state index is 0.0378. The summed E-state index contributed by atoms with van der Waals surface area (Å²) in [6.45, 7) is 3.16. The molecule has 2 aromatic rings. The van der Waals surface area contributed by atoms with Gasteiger partial charge in [-0.2, -0.15) is 0 Å². The Morgan fingerprint density at radius 2 is 2.03 bits per heavy atom. The predicted molar refractivity (Wildman–Crippen MR) is 145 cm³/mol. The van der Waals surface area contributed by atoms with Crippen molar-refractivity contribution in [3.63, 3.8) is 0 Å². The van der Waals surface area contributed by atoms with Crippen molar-refractivity contribution >= 4 is 11.8 Å². The van der Waals surface area contributed by atoms with Gasteiger partial charge in [-0.3, -0.25) is 9.59 Å². The third-order valence-electron chi connectivity index (χ3n) is 6.79. The van der Waals surface area contributed by atoms with Gasteiger partial charge in [-0.05, 0) is 54.5 Å². The number of nitrogens with zero attached hydrogens (tertiary/aromatic N) is 1. The maximum atomic E-state index is 14.4. The Hall–Kier alpha value is -3.41. The van der Waals surface area contributed by atoms with Crippen LogP contribution in [0.5, 0.6) is 5.75 Å². The molecular weight excluding hydrogens is 485 g/mol. The molecule has 38 heavy (non-hydrogen) atoms. The molecule has 3 atom stereocenters. The highest BCUT2D eigenvalue weighted by Gasteiger charge is 2.30. The SMILES string of the molecule is C#CCC1C(=O)N[C@H]([C@H](O)CNCc2cccc(CC)c2)Cc2cc(F)cc(c2)OCCCCC(=O)N1C. The van der Waals surface area contributed by atoms with Crippen LogP contribution in [0.25, 0.3) is 0 Å². The van der Waals surface area contributed by atoms with Crippen molar-refractivity contribution in [2.24, 2.45) is 0 Å². The summed E-state index contributed by atoms with van der Waals surface area (Å²) in [4.78, 5) is 27.5. The van der Waals surface area contributed by atoms with Crippen LogP contribution < -0.4 is 15.4 Å². The normalized spacial score (nSPS) is 19.9. The lowest BCUT2D eigenvalue weighted by atomic mass is 9.99. The Morgan fingerprint density at radius 3 is 2.79 bits per heavy atom. The van der Waals surface area contributed by atoms with Crippen LogP contribution in [0.4, 0.5) is 4.39 Å². The molecule has 2 bridgehead atoms. The molecule has 0 fully saturated rings. The number of aryl methyl sites for hydroxylation is 1. The van der Waals surface area contributed by atoms with Crippen LogP contribution in [0.15, 0.2) is 42.5 Å². The molecule has 1 heterocycles. The molecule has 2 aromatic carbocycles. The van der Waals surface area contributed by atoms with Crippen molar-refractivity contribution in [2.45, 2.75) is 70.2 Å². The lowest BCUT2D eigenvalue weighted by Gasteiger charge is -2.30. The summed E-state index contributed by atoms with van der Waals surface area (Å²) in [5.41, 5.74) is 2.89. The van der Waals surface area contributed by atoms with E-state index in [2.05, 4.69) is 35.6 Å². The summed E-state index contributed by atoms with van der Waals surface area (Å²) >= 11 is 0. The summed E-state index contributed by atoms with van der Waals surface area (Å²) in [6.07, 6.45) is 7.05. The lowest BCUT2D eigenvalue weighted by Crippen LogP contribution is -2.55. The lowest BCUT2D eigenvalue weighted by molar-refractivity contribution is -0.139.